The number of hydrogen-bond donors (Lipinski definition) is 1. The molecule has 0 bridgehead atoms. The first-order valence-corrected chi connectivity index (χ1v) is 10.1. The van der Waals surface area contributed by atoms with Crippen molar-refractivity contribution in [2.75, 3.05) is 13.6 Å². The Labute approximate surface area is 174 Å². The molecule has 0 unspecified atom stereocenters. The Bertz CT molecular complexity index is 1300. The standard InChI is InChI=1S/C25H20ClN3/c1-27-11-5-4-6-16-9-10-18-23(12-16)29-24-13-19(17-7-2-3-8-22(17)26)20-14-28-15-21(20)25(18)24/h2-4,6-10,12-15,27H,5,11H2,1H3. The predicted molar refractivity (Wildman–Crippen MR) is 122 cm³/mol. The Morgan fingerprint density at radius 3 is 2.79 bits per heavy atom. The molecule has 2 aliphatic rings. The number of benzene rings is 3. The number of hydrogen-bond acceptors (Lipinski definition) is 3. The van der Waals surface area contributed by atoms with E-state index in [1.54, 1.807) is 0 Å². The zero-order valence-corrected chi connectivity index (χ0v) is 16.9. The first-order valence-electron chi connectivity index (χ1n) is 9.76. The highest BCUT2D eigenvalue weighted by Crippen LogP contribution is 2.36. The summed E-state index contributed by atoms with van der Waals surface area (Å²) in [4.78, 5) is 9.39. The van der Waals surface area contributed by atoms with E-state index in [2.05, 4.69) is 46.7 Å². The number of halogens is 1. The van der Waals surface area contributed by atoms with Crippen molar-refractivity contribution in [1.29, 1.82) is 0 Å². The maximum Gasteiger partial charge on any atom is 0.0729 e. The average Bonchev–Trinajstić information content (AvgIpc) is 3.35. The monoisotopic (exact) mass is 397 g/mol. The maximum atomic E-state index is 6.49. The van der Waals surface area contributed by atoms with Gasteiger partial charge in [-0.2, -0.15) is 0 Å². The van der Waals surface area contributed by atoms with Crippen LogP contribution < -0.4 is 15.9 Å². The fraction of sp³-hybridized carbons (Fsp3) is 0.120. The summed E-state index contributed by atoms with van der Waals surface area (Å²) >= 11 is 6.49. The molecule has 0 amide bonds. The van der Waals surface area contributed by atoms with Gasteiger partial charge >= 0.3 is 0 Å². The molecular weight excluding hydrogens is 378 g/mol. The van der Waals surface area contributed by atoms with Crippen LogP contribution in [-0.2, 0) is 0 Å². The Hall–Kier alpha value is -3.01. The van der Waals surface area contributed by atoms with Crippen molar-refractivity contribution in [3.63, 3.8) is 0 Å². The van der Waals surface area contributed by atoms with Gasteiger partial charge in [-0.05, 0) is 49.3 Å². The van der Waals surface area contributed by atoms with Crippen LogP contribution in [0.1, 0.15) is 17.5 Å². The minimum Gasteiger partial charge on any atom is -0.319 e. The minimum absolute atomic E-state index is 0.736. The average molecular weight is 398 g/mol. The molecule has 3 nitrogen and oxygen atoms in total. The molecule has 0 aliphatic carbocycles. The number of fused-ring (bicyclic) bond motifs is 5. The van der Waals surface area contributed by atoms with Crippen molar-refractivity contribution in [2.45, 2.75) is 6.42 Å². The van der Waals surface area contributed by atoms with E-state index in [-0.39, 0.29) is 0 Å². The largest absolute Gasteiger partial charge is 0.319 e. The van der Waals surface area contributed by atoms with Gasteiger partial charge in [0.05, 0.1) is 11.0 Å². The van der Waals surface area contributed by atoms with Gasteiger partial charge in [-0.1, -0.05) is 54.1 Å². The van der Waals surface area contributed by atoms with E-state index in [0.29, 0.717) is 0 Å². The van der Waals surface area contributed by atoms with Crippen LogP contribution >= 0.6 is 11.6 Å². The van der Waals surface area contributed by atoms with E-state index >= 15 is 0 Å². The van der Waals surface area contributed by atoms with Gasteiger partial charge in [0.15, 0.2) is 0 Å². The summed E-state index contributed by atoms with van der Waals surface area (Å²) in [5, 5.41) is 5.98. The Balaban J connectivity index is 1.64. The van der Waals surface area contributed by atoms with Crippen LogP contribution in [0.3, 0.4) is 0 Å². The zero-order valence-electron chi connectivity index (χ0n) is 16.1. The molecular formula is C25H20ClN3. The van der Waals surface area contributed by atoms with Gasteiger partial charge in [0.1, 0.15) is 0 Å². The van der Waals surface area contributed by atoms with Crippen molar-refractivity contribution in [3.05, 3.63) is 81.3 Å². The summed E-state index contributed by atoms with van der Waals surface area (Å²) in [6.07, 6.45) is 9.21. The van der Waals surface area contributed by atoms with Gasteiger partial charge in [0.2, 0.25) is 0 Å². The molecule has 0 atom stereocenters. The minimum atomic E-state index is 0.736. The highest BCUT2D eigenvalue weighted by Gasteiger charge is 2.22. The number of nitrogens with one attached hydrogen (secondary N) is 1. The molecule has 3 aromatic carbocycles. The topological polar surface area (TPSA) is 36.8 Å². The summed E-state index contributed by atoms with van der Waals surface area (Å²) in [5.41, 5.74) is 7.70. The molecule has 0 fully saturated rings. The maximum absolute atomic E-state index is 6.49. The summed E-state index contributed by atoms with van der Waals surface area (Å²) in [7, 11) is 1.97. The summed E-state index contributed by atoms with van der Waals surface area (Å²) in [5.74, 6) is 0. The third kappa shape index (κ3) is 3.13. The van der Waals surface area contributed by atoms with Crippen LogP contribution in [0, 0.1) is 0 Å². The molecule has 2 heterocycles. The Morgan fingerprint density at radius 2 is 1.93 bits per heavy atom. The fourth-order valence-electron chi connectivity index (χ4n) is 3.97. The van der Waals surface area contributed by atoms with E-state index in [4.69, 9.17) is 16.6 Å². The summed E-state index contributed by atoms with van der Waals surface area (Å²) < 4.78 is 0. The van der Waals surface area contributed by atoms with Gasteiger partial charge in [-0.25, -0.2) is 4.99 Å². The van der Waals surface area contributed by atoms with Crippen molar-refractivity contribution in [3.8, 4) is 22.3 Å². The highest BCUT2D eigenvalue weighted by atomic mass is 35.5. The first-order chi connectivity index (χ1) is 14.3. The zero-order chi connectivity index (χ0) is 19.8. The van der Waals surface area contributed by atoms with E-state index in [1.165, 1.54) is 5.56 Å². The van der Waals surface area contributed by atoms with Gasteiger partial charge in [0.25, 0.3) is 0 Å². The molecule has 0 saturated carbocycles. The van der Waals surface area contributed by atoms with Crippen LogP contribution in [0.15, 0.2) is 64.6 Å². The molecule has 0 saturated heterocycles. The predicted octanol–water partition coefficient (Wildman–Crippen LogP) is 4.73. The van der Waals surface area contributed by atoms with Gasteiger partial charge in [-0.15, -0.1) is 0 Å². The molecule has 2 aliphatic heterocycles. The van der Waals surface area contributed by atoms with E-state index in [1.807, 2.05) is 43.7 Å². The molecule has 3 aromatic rings. The molecule has 0 radical (unpaired) electrons. The fourth-order valence-corrected chi connectivity index (χ4v) is 4.21. The first kappa shape index (κ1) is 18.0. The quantitative estimate of drug-likeness (QED) is 0.485. The van der Waals surface area contributed by atoms with Crippen LogP contribution in [0.4, 0.5) is 5.69 Å². The molecule has 4 heteroatoms. The van der Waals surface area contributed by atoms with Crippen molar-refractivity contribution in [1.82, 2.24) is 5.32 Å². The lowest BCUT2D eigenvalue weighted by molar-refractivity contribution is 0.809. The van der Waals surface area contributed by atoms with E-state index in [9.17, 15) is 0 Å². The molecule has 5 rings (SSSR count). The third-order valence-electron chi connectivity index (χ3n) is 5.36. The van der Waals surface area contributed by atoms with Crippen molar-refractivity contribution in [2.24, 2.45) is 9.98 Å². The Morgan fingerprint density at radius 1 is 1.03 bits per heavy atom. The van der Waals surface area contributed by atoms with Crippen molar-refractivity contribution < 1.29 is 0 Å². The highest BCUT2D eigenvalue weighted by molar-refractivity contribution is 6.33. The normalized spacial score (nSPS) is 13.2. The van der Waals surface area contributed by atoms with E-state index in [0.717, 1.165) is 62.1 Å². The van der Waals surface area contributed by atoms with Crippen LogP contribution in [0.25, 0.3) is 34.5 Å². The van der Waals surface area contributed by atoms with Gasteiger partial charge in [0, 0.05) is 44.9 Å². The number of nitrogens with zero attached hydrogens (tertiary/aromatic N) is 2. The summed E-state index contributed by atoms with van der Waals surface area (Å²) in [6.45, 7) is 0.976. The summed E-state index contributed by atoms with van der Waals surface area (Å²) in [6, 6.07) is 16.6. The molecule has 0 spiro atoms. The third-order valence-corrected chi connectivity index (χ3v) is 5.69. The van der Waals surface area contributed by atoms with E-state index < -0.39 is 0 Å². The molecule has 1 N–H and O–H groups in total. The second kappa shape index (κ2) is 7.43. The number of aliphatic imine (C=N–C) groups is 1. The SMILES string of the molecule is CNCCC=Cc1ccc2c(c1)N=c1cc(-c3ccccc3Cl)c3c(c1-2)C=NC=3. The van der Waals surface area contributed by atoms with Crippen molar-refractivity contribution >= 4 is 35.8 Å². The second-order valence-corrected chi connectivity index (χ2v) is 7.62. The lowest BCUT2D eigenvalue weighted by Crippen LogP contribution is -2.18. The van der Waals surface area contributed by atoms with Crippen LogP contribution in [0.5, 0.6) is 0 Å². The lowest BCUT2D eigenvalue weighted by atomic mass is 9.93. The van der Waals surface area contributed by atoms with Gasteiger partial charge < -0.3 is 5.32 Å². The number of rotatable bonds is 5. The molecule has 142 valence electrons. The lowest BCUT2D eigenvalue weighted by Gasteiger charge is -2.09. The Kier molecular flexibility index (Phi) is 4.62. The smallest absolute Gasteiger partial charge is 0.0729 e. The van der Waals surface area contributed by atoms with Crippen LogP contribution in [0.2, 0.25) is 5.02 Å². The molecule has 29 heavy (non-hydrogen) atoms. The second-order valence-electron chi connectivity index (χ2n) is 7.22. The van der Waals surface area contributed by atoms with Crippen LogP contribution in [-0.4, -0.2) is 19.8 Å². The van der Waals surface area contributed by atoms with Gasteiger partial charge in [-0.3, -0.25) is 4.99 Å². The molecule has 0 aromatic heterocycles.